The summed E-state index contributed by atoms with van der Waals surface area (Å²) in [6.07, 6.45) is 4.52. The molecule has 1 rings (SSSR count). The number of ether oxygens (including phenoxy) is 1. The maximum absolute atomic E-state index is 10.8. The Morgan fingerprint density at radius 3 is 3.07 bits per heavy atom. The van der Waals surface area contributed by atoms with Crippen LogP contribution < -0.4 is 5.32 Å². The second-order valence-electron chi connectivity index (χ2n) is 3.52. The van der Waals surface area contributed by atoms with Gasteiger partial charge in [-0.25, -0.2) is 0 Å². The number of carbonyl (C=O) groups is 1. The third-order valence-electron chi connectivity index (χ3n) is 2.38. The highest BCUT2D eigenvalue weighted by Gasteiger charge is 2.12. The molecular formula is C10H19NO2S. The van der Waals surface area contributed by atoms with Gasteiger partial charge in [0, 0.05) is 18.3 Å². The zero-order valence-electron chi connectivity index (χ0n) is 8.75. The van der Waals surface area contributed by atoms with Gasteiger partial charge in [0.2, 0.25) is 0 Å². The molecule has 4 heteroatoms. The van der Waals surface area contributed by atoms with E-state index in [0.29, 0.717) is 6.42 Å². The summed E-state index contributed by atoms with van der Waals surface area (Å²) in [6.45, 7) is 1.77. The molecule has 0 amide bonds. The van der Waals surface area contributed by atoms with Crippen LogP contribution in [-0.4, -0.2) is 37.2 Å². The van der Waals surface area contributed by atoms with Crippen LogP contribution in [0.1, 0.15) is 25.7 Å². The maximum atomic E-state index is 10.8. The molecule has 1 saturated heterocycles. The van der Waals surface area contributed by atoms with Crippen LogP contribution >= 0.6 is 11.8 Å². The van der Waals surface area contributed by atoms with E-state index in [1.165, 1.54) is 32.1 Å². The Hall–Kier alpha value is -0.220. The van der Waals surface area contributed by atoms with Gasteiger partial charge in [-0.3, -0.25) is 4.79 Å². The normalized spacial score (nSPS) is 21.9. The second-order valence-corrected chi connectivity index (χ2v) is 4.93. The van der Waals surface area contributed by atoms with E-state index in [1.807, 2.05) is 11.8 Å². The predicted octanol–water partition coefficient (Wildman–Crippen LogP) is 1.42. The summed E-state index contributed by atoms with van der Waals surface area (Å²) in [5.41, 5.74) is 0. The lowest BCUT2D eigenvalue weighted by atomic mass is 10.2. The predicted molar refractivity (Wildman–Crippen MR) is 59.6 cm³/mol. The van der Waals surface area contributed by atoms with Gasteiger partial charge < -0.3 is 10.1 Å². The van der Waals surface area contributed by atoms with Gasteiger partial charge in [0.25, 0.3) is 0 Å². The van der Waals surface area contributed by atoms with E-state index < -0.39 is 0 Å². The van der Waals surface area contributed by atoms with E-state index in [9.17, 15) is 4.79 Å². The van der Waals surface area contributed by atoms with Gasteiger partial charge in [0.15, 0.2) is 0 Å². The fourth-order valence-corrected chi connectivity index (χ4v) is 2.80. The summed E-state index contributed by atoms with van der Waals surface area (Å²) in [5.74, 6) is 1.16. The Morgan fingerprint density at radius 1 is 1.57 bits per heavy atom. The van der Waals surface area contributed by atoms with Crippen LogP contribution in [0.5, 0.6) is 0 Å². The number of esters is 1. The topological polar surface area (TPSA) is 38.3 Å². The molecule has 1 aliphatic heterocycles. The van der Waals surface area contributed by atoms with E-state index >= 15 is 0 Å². The van der Waals surface area contributed by atoms with Crippen LogP contribution in [0.2, 0.25) is 0 Å². The monoisotopic (exact) mass is 217 g/mol. The molecule has 0 aromatic rings. The molecule has 0 aromatic heterocycles. The van der Waals surface area contributed by atoms with E-state index in [1.54, 1.807) is 0 Å². The SMILES string of the molecule is COC(=O)CCNCC1CCCCS1. The van der Waals surface area contributed by atoms with E-state index in [2.05, 4.69) is 10.1 Å². The van der Waals surface area contributed by atoms with Crippen molar-refractivity contribution in [3.05, 3.63) is 0 Å². The highest BCUT2D eigenvalue weighted by molar-refractivity contribution is 7.99. The third kappa shape index (κ3) is 4.86. The molecule has 1 fully saturated rings. The lowest BCUT2D eigenvalue weighted by molar-refractivity contribution is -0.140. The Kier molecular flexibility index (Phi) is 6.03. The first kappa shape index (κ1) is 11.9. The van der Waals surface area contributed by atoms with Gasteiger partial charge in [-0.05, 0) is 18.6 Å². The standard InChI is InChI=1S/C10H19NO2S/c1-13-10(12)5-6-11-8-9-4-2-3-7-14-9/h9,11H,2-8H2,1H3. The highest BCUT2D eigenvalue weighted by Crippen LogP contribution is 2.24. The van der Waals surface area contributed by atoms with Gasteiger partial charge in [0.05, 0.1) is 13.5 Å². The van der Waals surface area contributed by atoms with Crippen molar-refractivity contribution < 1.29 is 9.53 Å². The summed E-state index contributed by atoms with van der Waals surface area (Å²) in [5, 5.41) is 4.05. The molecule has 1 N–H and O–H groups in total. The fourth-order valence-electron chi connectivity index (χ4n) is 1.52. The molecular weight excluding hydrogens is 198 g/mol. The van der Waals surface area contributed by atoms with Crippen LogP contribution in [0.15, 0.2) is 0 Å². The molecule has 82 valence electrons. The van der Waals surface area contributed by atoms with Gasteiger partial charge in [-0.1, -0.05) is 6.42 Å². The minimum atomic E-state index is -0.131. The second kappa shape index (κ2) is 7.12. The number of rotatable bonds is 5. The Labute approximate surface area is 90.0 Å². The molecule has 14 heavy (non-hydrogen) atoms. The minimum absolute atomic E-state index is 0.131. The number of thioether (sulfide) groups is 1. The van der Waals surface area contributed by atoms with Crippen molar-refractivity contribution in [2.24, 2.45) is 0 Å². The van der Waals surface area contributed by atoms with Crippen molar-refractivity contribution in [1.82, 2.24) is 5.32 Å². The molecule has 0 aliphatic carbocycles. The number of carbonyl (C=O) groups excluding carboxylic acids is 1. The van der Waals surface area contributed by atoms with Crippen LogP contribution in [0, 0.1) is 0 Å². The smallest absolute Gasteiger partial charge is 0.306 e. The van der Waals surface area contributed by atoms with E-state index in [-0.39, 0.29) is 5.97 Å². The zero-order chi connectivity index (χ0) is 10.2. The lowest BCUT2D eigenvalue weighted by Crippen LogP contribution is -2.28. The number of hydrogen-bond acceptors (Lipinski definition) is 4. The Balaban J connectivity index is 1.94. The quantitative estimate of drug-likeness (QED) is 0.558. The molecule has 0 bridgehead atoms. The van der Waals surface area contributed by atoms with Crippen LogP contribution in [0.3, 0.4) is 0 Å². The fraction of sp³-hybridized carbons (Fsp3) is 0.900. The van der Waals surface area contributed by atoms with Crippen molar-refractivity contribution in [3.63, 3.8) is 0 Å². The summed E-state index contributed by atoms with van der Waals surface area (Å²) >= 11 is 2.05. The molecule has 3 nitrogen and oxygen atoms in total. The Morgan fingerprint density at radius 2 is 2.43 bits per heavy atom. The molecule has 0 saturated carbocycles. The van der Waals surface area contributed by atoms with E-state index in [4.69, 9.17) is 0 Å². The first-order valence-corrected chi connectivity index (χ1v) is 6.27. The molecule has 1 atom stereocenters. The van der Waals surface area contributed by atoms with E-state index in [0.717, 1.165) is 18.3 Å². The van der Waals surface area contributed by atoms with Crippen molar-refractivity contribution in [2.75, 3.05) is 26.0 Å². The zero-order valence-corrected chi connectivity index (χ0v) is 9.57. The third-order valence-corrected chi connectivity index (χ3v) is 3.78. The molecule has 1 aliphatic rings. The number of methoxy groups -OCH3 is 1. The van der Waals surface area contributed by atoms with Gasteiger partial charge in [0.1, 0.15) is 0 Å². The van der Waals surface area contributed by atoms with Gasteiger partial charge >= 0.3 is 5.97 Å². The van der Waals surface area contributed by atoms with Crippen LogP contribution in [-0.2, 0) is 9.53 Å². The van der Waals surface area contributed by atoms with Crippen LogP contribution in [0.4, 0.5) is 0 Å². The lowest BCUT2D eigenvalue weighted by Gasteiger charge is -2.21. The molecule has 0 spiro atoms. The average Bonchev–Trinajstić information content (AvgIpc) is 2.25. The molecule has 1 unspecified atom stereocenters. The van der Waals surface area contributed by atoms with Crippen LogP contribution in [0.25, 0.3) is 0 Å². The Bertz CT molecular complexity index is 170. The molecule has 0 radical (unpaired) electrons. The summed E-state index contributed by atoms with van der Waals surface area (Å²) < 4.78 is 4.56. The van der Waals surface area contributed by atoms with Crippen molar-refractivity contribution in [2.45, 2.75) is 30.9 Å². The number of nitrogens with one attached hydrogen (secondary N) is 1. The summed E-state index contributed by atoms with van der Waals surface area (Å²) in [4.78, 5) is 10.8. The van der Waals surface area contributed by atoms with Gasteiger partial charge in [-0.2, -0.15) is 11.8 Å². The van der Waals surface area contributed by atoms with Crippen molar-refractivity contribution >= 4 is 17.7 Å². The molecule has 0 aromatic carbocycles. The average molecular weight is 217 g/mol. The highest BCUT2D eigenvalue weighted by atomic mass is 32.2. The van der Waals surface area contributed by atoms with Crippen molar-refractivity contribution in [1.29, 1.82) is 0 Å². The number of hydrogen-bond donors (Lipinski definition) is 1. The summed E-state index contributed by atoms with van der Waals surface area (Å²) in [7, 11) is 1.43. The summed E-state index contributed by atoms with van der Waals surface area (Å²) in [6, 6.07) is 0. The minimum Gasteiger partial charge on any atom is -0.469 e. The first-order chi connectivity index (χ1) is 6.83. The molecule has 1 heterocycles. The maximum Gasteiger partial charge on any atom is 0.306 e. The van der Waals surface area contributed by atoms with Crippen molar-refractivity contribution in [3.8, 4) is 0 Å². The largest absolute Gasteiger partial charge is 0.469 e. The first-order valence-electron chi connectivity index (χ1n) is 5.22. The van der Waals surface area contributed by atoms with Gasteiger partial charge in [-0.15, -0.1) is 0 Å².